The zero-order chi connectivity index (χ0) is 16.9. The second-order valence-corrected chi connectivity index (χ2v) is 6.72. The van der Waals surface area contributed by atoms with Crippen LogP contribution in [0, 0.1) is 0 Å². The van der Waals surface area contributed by atoms with Gasteiger partial charge < -0.3 is 10.1 Å². The molecule has 0 aliphatic carbocycles. The van der Waals surface area contributed by atoms with Crippen LogP contribution in [-0.4, -0.2) is 24.7 Å². The molecule has 1 aliphatic heterocycles. The number of nitrogens with one attached hydrogen (secondary N) is 3. The number of benzene rings is 2. The van der Waals surface area contributed by atoms with Gasteiger partial charge in [0, 0.05) is 16.4 Å². The molecule has 3 unspecified atom stereocenters. The van der Waals surface area contributed by atoms with Crippen molar-refractivity contribution in [3.8, 4) is 5.75 Å². The molecule has 1 heterocycles. The van der Waals surface area contributed by atoms with Crippen molar-refractivity contribution in [3.63, 3.8) is 0 Å². The summed E-state index contributed by atoms with van der Waals surface area (Å²) in [5.41, 5.74) is 7.51. The van der Waals surface area contributed by atoms with Gasteiger partial charge in [-0.25, -0.2) is 5.43 Å². The molecular formula is C18H20BrN3O2. The second kappa shape index (κ2) is 7.79. The van der Waals surface area contributed by atoms with E-state index in [-0.39, 0.29) is 30.6 Å². The maximum Gasteiger partial charge on any atom is 0.259 e. The maximum absolute atomic E-state index is 12.2. The molecule has 0 aromatic heterocycles. The summed E-state index contributed by atoms with van der Waals surface area (Å²) in [6, 6.07) is 17.7. The Morgan fingerprint density at radius 3 is 2.54 bits per heavy atom. The van der Waals surface area contributed by atoms with E-state index in [1.54, 1.807) is 0 Å². The van der Waals surface area contributed by atoms with E-state index < -0.39 is 0 Å². The number of rotatable bonds is 5. The van der Waals surface area contributed by atoms with Crippen molar-refractivity contribution in [2.45, 2.75) is 25.0 Å². The third-order valence-electron chi connectivity index (χ3n) is 4.05. The van der Waals surface area contributed by atoms with Gasteiger partial charge in [0.15, 0.2) is 6.61 Å². The molecule has 1 fully saturated rings. The first kappa shape index (κ1) is 17.0. The molecular weight excluding hydrogens is 370 g/mol. The lowest BCUT2D eigenvalue weighted by atomic mass is 9.91. The Morgan fingerprint density at radius 2 is 1.83 bits per heavy atom. The molecule has 0 bridgehead atoms. The van der Waals surface area contributed by atoms with Crippen molar-refractivity contribution < 1.29 is 9.53 Å². The third-order valence-corrected chi connectivity index (χ3v) is 4.58. The van der Waals surface area contributed by atoms with E-state index in [9.17, 15) is 4.79 Å². The predicted octanol–water partition coefficient (Wildman–Crippen LogP) is 2.55. The number of halogens is 1. The maximum atomic E-state index is 12.2. The minimum absolute atomic E-state index is 0.0103. The average molecular weight is 390 g/mol. The second-order valence-electron chi connectivity index (χ2n) is 5.80. The van der Waals surface area contributed by atoms with Crippen LogP contribution in [0.2, 0.25) is 0 Å². The van der Waals surface area contributed by atoms with Crippen LogP contribution in [0.5, 0.6) is 5.75 Å². The standard InChI is InChI=1S/C18H20BrN3O2/c1-12-17(13-7-9-14(19)10-8-13)18(22-21-12)20-16(23)11-24-15-5-3-2-4-6-15/h2-10,12,17-18,21-22H,11H2,1H3,(H,20,23). The molecule has 6 heteroatoms. The smallest absolute Gasteiger partial charge is 0.259 e. The first-order chi connectivity index (χ1) is 11.6. The summed E-state index contributed by atoms with van der Waals surface area (Å²) in [6.07, 6.45) is -0.187. The molecule has 0 spiro atoms. The van der Waals surface area contributed by atoms with Crippen molar-refractivity contribution in [2.75, 3.05) is 6.61 Å². The van der Waals surface area contributed by atoms with Crippen LogP contribution in [0.4, 0.5) is 0 Å². The van der Waals surface area contributed by atoms with Gasteiger partial charge >= 0.3 is 0 Å². The number of ether oxygens (including phenoxy) is 1. The number of hydrogen-bond acceptors (Lipinski definition) is 4. The highest BCUT2D eigenvalue weighted by Crippen LogP contribution is 2.27. The molecule has 3 atom stereocenters. The van der Waals surface area contributed by atoms with Gasteiger partial charge in [0.1, 0.15) is 11.9 Å². The number of carbonyl (C=O) groups excluding carboxylic acids is 1. The molecule has 2 aromatic carbocycles. The monoisotopic (exact) mass is 389 g/mol. The Morgan fingerprint density at radius 1 is 1.12 bits per heavy atom. The number of amides is 1. The molecule has 24 heavy (non-hydrogen) atoms. The van der Waals surface area contributed by atoms with Gasteiger partial charge in [0.25, 0.3) is 5.91 Å². The summed E-state index contributed by atoms with van der Waals surface area (Å²) in [5.74, 6) is 0.663. The summed E-state index contributed by atoms with van der Waals surface area (Å²) in [4.78, 5) is 12.2. The Labute approximate surface area is 149 Å². The van der Waals surface area contributed by atoms with Gasteiger partial charge in [0.05, 0.1) is 0 Å². The van der Waals surface area contributed by atoms with Crippen LogP contribution in [0.3, 0.4) is 0 Å². The van der Waals surface area contributed by atoms with Gasteiger partial charge in [-0.3, -0.25) is 10.2 Å². The molecule has 126 valence electrons. The minimum atomic E-state index is -0.187. The van der Waals surface area contributed by atoms with Gasteiger partial charge in [-0.05, 0) is 36.8 Å². The van der Waals surface area contributed by atoms with Crippen molar-refractivity contribution in [2.24, 2.45) is 0 Å². The fourth-order valence-corrected chi connectivity index (χ4v) is 3.13. The van der Waals surface area contributed by atoms with Gasteiger partial charge in [-0.1, -0.05) is 46.3 Å². The number of hydrogen-bond donors (Lipinski definition) is 3. The van der Waals surface area contributed by atoms with E-state index in [2.05, 4.69) is 51.2 Å². The highest BCUT2D eigenvalue weighted by molar-refractivity contribution is 9.10. The van der Waals surface area contributed by atoms with Crippen LogP contribution in [0.1, 0.15) is 18.4 Å². The highest BCUT2D eigenvalue weighted by atomic mass is 79.9. The van der Waals surface area contributed by atoms with Crippen LogP contribution in [-0.2, 0) is 4.79 Å². The SMILES string of the molecule is CC1NNC(NC(=O)COc2ccccc2)C1c1ccc(Br)cc1. The third kappa shape index (κ3) is 4.14. The van der Waals surface area contributed by atoms with E-state index in [1.807, 2.05) is 42.5 Å². The highest BCUT2D eigenvalue weighted by Gasteiger charge is 2.35. The van der Waals surface area contributed by atoms with E-state index in [0.717, 1.165) is 10.0 Å². The molecule has 3 N–H and O–H groups in total. The van der Waals surface area contributed by atoms with E-state index in [1.165, 1.54) is 0 Å². The lowest BCUT2D eigenvalue weighted by Gasteiger charge is -2.22. The average Bonchev–Trinajstić information content (AvgIpc) is 2.95. The fourth-order valence-electron chi connectivity index (χ4n) is 2.86. The fraction of sp³-hybridized carbons (Fsp3) is 0.278. The Hall–Kier alpha value is -1.89. The lowest BCUT2D eigenvalue weighted by molar-refractivity contribution is -0.124. The van der Waals surface area contributed by atoms with E-state index in [4.69, 9.17) is 4.74 Å². The number of hydrazine groups is 1. The van der Waals surface area contributed by atoms with Gasteiger partial charge in [-0.15, -0.1) is 0 Å². The van der Waals surface area contributed by atoms with Crippen LogP contribution >= 0.6 is 15.9 Å². The molecule has 1 aliphatic rings. The molecule has 3 rings (SSSR count). The molecule has 5 nitrogen and oxygen atoms in total. The molecule has 2 aromatic rings. The quantitative estimate of drug-likeness (QED) is 0.735. The number of carbonyl (C=O) groups is 1. The zero-order valence-corrected chi connectivity index (χ0v) is 14.9. The van der Waals surface area contributed by atoms with Crippen LogP contribution in [0.15, 0.2) is 59.1 Å². The summed E-state index contributed by atoms with van der Waals surface area (Å²) in [6.45, 7) is 2.08. The predicted molar refractivity (Wildman–Crippen MR) is 96.5 cm³/mol. The Kier molecular flexibility index (Phi) is 5.50. The Bertz CT molecular complexity index is 678. The van der Waals surface area contributed by atoms with Crippen molar-refractivity contribution >= 4 is 21.8 Å². The largest absolute Gasteiger partial charge is 0.484 e. The normalized spacial score (nSPS) is 23.0. The van der Waals surface area contributed by atoms with Crippen molar-refractivity contribution in [1.82, 2.24) is 16.2 Å². The molecule has 0 radical (unpaired) electrons. The zero-order valence-electron chi connectivity index (χ0n) is 13.3. The first-order valence-electron chi connectivity index (χ1n) is 7.87. The van der Waals surface area contributed by atoms with Crippen molar-refractivity contribution in [1.29, 1.82) is 0 Å². The molecule has 1 saturated heterocycles. The summed E-state index contributed by atoms with van der Waals surface area (Å²) >= 11 is 3.45. The van der Waals surface area contributed by atoms with Crippen LogP contribution < -0.4 is 20.9 Å². The lowest BCUT2D eigenvalue weighted by Crippen LogP contribution is -2.47. The minimum Gasteiger partial charge on any atom is -0.484 e. The summed E-state index contributed by atoms with van der Waals surface area (Å²) in [5, 5.41) is 2.99. The molecule has 0 saturated carbocycles. The van der Waals surface area contributed by atoms with Crippen molar-refractivity contribution in [3.05, 3.63) is 64.6 Å². The number of para-hydroxylation sites is 1. The van der Waals surface area contributed by atoms with Gasteiger partial charge in [0.2, 0.25) is 0 Å². The summed E-state index contributed by atoms with van der Waals surface area (Å²) in [7, 11) is 0. The summed E-state index contributed by atoms with van der Waals surface area (Å²) < 4.78 is 6.53. The Balaban J connectivity index is 1.60. The molecule has 1 amide bonds. The first-order valence-corrected chi connectivity index (χ1v) is 8.66. The van der Waals surface area contributed by atoms with Crippen LogP contribution in [0.25, 0.3) is 0 Å². The van der Waals surface area contributed by atoms with Gasteiger partial charge in [-0.2, -0.15) is 0 Å². The van der Waals surface area contributed by atoms with E-state index in [0.29, 0.717) is 5.75 Å². The topological polar surface area (TPSA) is 62.4 Å². The van der Waals surface area contributed by atoms with E-state index >= 15 is 0 Å².